The maximum atomic E-state index is 9.66. The SMILES string of the molecule is CC1(CO)CCCC1NC1CCN(c2ccccn2)CC1. The average molecular weight is 289 g/mol. The van der Waals surface area contributed by atoms with Crippen molar-refractivity contribution < 1.29 is 5.11 Å². The molecule has 2 aliphatic rings. The van der Waals surface area contributed by atoms with Gasteiger partial charge in [-0.3, -0.25) is 0 Å². The maximum Gasteiger partial charge on any atom is 0.128 e. The van der Waals surface area contributed by atoms with Gasteiger partial charge in [0.2, 0.25) is 0 Å². The molecule has 2 fully saturated rings. The van der Waals surface area contributed by atoms with Gasteiger partial charge in [0.05, 0.1) is 0 Å². The van der Waals surface area contributed by atoms with Crippen molar-refractivity contribution in [3.8, 4) is 0 Å². The third kappa shape index (κ3) is 3.22. The van der Waals surface area contributed by atoms with Gasteiger partial charge in [-0.2, -0.15) is 0 Å². The van der Waals surface area contributed by atoms with Gasteiger partial charge >= 0.3 is 0 Å². The first-order chi connectivity index (χ1) is 10.2. The Bertz CT molecular complexity index is 445. The van der Waals surface area contributed by atoms with Gasteiger partial charge in [0.15, 0.2) is 0 Å². The Kier molecular flexibility index (Phi) is 4.45. The van der Waals surface area contributed by atoms with Gasteiger partial charge in [0.25, 0.3) is 0 Å². The number of hydrogen-bond donors (Lipinski definition) is 2. The van der Waals surface area contributed by atoms with E-state index < -0.39 is 0 Å². The minimum atomic E-state index is 0.0815. The Balaban J connectivity index is 1.52. The molecule has 1 aliphatic heterocycles. The van der Waals surface area contributed by atoms with Crippen molar-refractivity contribution in [2.24, 2.45) is 5.41 Å². The summed E-state index contributed by atoms with van der Waals surface area (Å²) in [5.74, 6) is 1.09. The quantitative estimate of drug-likeness (QED) is 0.892. The molecule has 1 aliphatic carbocycles. The van der Waals surface area contributed by atoms with E-state index in [4.69, 9.17) is 0 Å². The highest BCUT2D eigenvalue weighted by atomic mass is 16.3. The zero-order valence-electron chi connectivity index (χ0n) is 13.0. The Morgan fingerprint density at radius 2 is 2.14 bits per heavy atom. The average Bonchev–Trinajstić information content (AvgIpc) is 2.91. The second kappa shape index (κ2) is 6.32. The van der Waals surface area contributed by atoms with Crippen LogP contribution in [0.25, 0.3) is 0 Å². The molecule has 0 aromatic carbocycles. The van der Waals surface area contributed by atoms with Gasteiger partial charge in [0.1, 0.15) is 5.82 Å². The van der Waals surface area contributed by atoms with E-state index >= 15 is 0 Å². The van der Waals surface area contributed by atoms with Crippen LogP contribution in [0.15, 0.2) is 24.4 Å². The molecule has 1 aromatic rings. The number of nitrogens with zero attached hydrogens (tertiary/aromatic N) is 2. The molecule has 3 rings (SSSR count). The fraction of sp³-hybridized carbons (Fsp3) is 0.706. The molecule has 1 saturated heterocycles. The molecule has 4 heteroatoms. The first-order valence-electron chi connectivity index (χ1n) is 8.24. The maximum absolute atomic E-state index is 9.66. The number of hydrogen-bond acceptors (Lipinski definition) is 4. The monoisotopic (exact) mass is 289 g/mol. The van der Waals surface area contributed by atoms with Crippen molar-refractivity contribution in [3.05, 3.63) is 24.4 Å². The number of aliphatic hydroxyl groups is 1. The van der Waals surface area contributed by atoms with Crippen LogP contribution in [0, 0.1) is 5.41 Å². The lowest BCUT2D eigenvalue weighted by atomic mass is 9.85. The number of anilines is 1. The van der Waals surface area contributed by atoms with Gasteiger partial charge in [-0.1, -0.05) is 19.4 Å². The van der Waals surface area contributed by atoms with Gasteiger partial charge in [-0.05, 0) is 37.8 Å². The first kappa shape index (κ1) is 14.8. The fourth-order valence-electron chi connectivity index (χ4n) is 3.81. The number of aliphatic hydroxyl groups excluding tert-OH is 1. The van der Waals surface area contributed by atoms with Crippen LogP contribution in [0.5, 0.6) is 0 Å². The van der Waals surface area contributed by atoms with Crippen LogP contribution in [-0.4, -0.2) is 41.9 Å². The topological polar surface area (TPSA) is 48.4 Å². The minimum Gasteiger partial charge on any atom is -0.396 e. The van der Waals surface area contributed by atoms with E-state index in [9.17, 15) is 5.11 Å². The Morgan fingerprint density at radius 3 is 2.81 bits per heavy atom. The lowest BCUT2D eigenvalue weighted by Crippen LogP contribution is -2.50. The van der Waals surface area contributed by atoms with Crippen LogP contribution in [0.4, 0.5) is 5.82 Å². The lowest BCUT2D eigenvalue weighted by Gasteiger charge is -2.38. The van der Waals surface area contributed by atoms with Crippen molar-refractivity contribution >= 4 is 5.82 Å². The molecule has 2 atom stereocenters. The summed E-state index contributed by atoms with van der Waals surface area (Å²) in [6, 6.07) is 7.17. The van der Waals surface area contributed by atoms with Crippen molar-refractivity contribution in [1.29, 1.82) is 0 Å². The third-order valence-corrected chi connectivity index (χ3v) is 5.35. The molecule has 0 radical (unpaired) electrons. The molecule has 0 spiro atoms. The van der Waals surface area contributed by atoms with E-state index in [1.807, 2.05) is 12.3 Å². The predicted molar refractivity (Wildman–Crippen MR) is 85.4 cm³/mol. The highest BCUT2D eigenvalue weighted by Gasteiger charge is 2.39. The predicted octanol–water partition coefficient (Wildman–Crippen LogP) is 2.19. The second-order valence-corrected chi connectivity index (χ2v) is 6.87. The van der Waals surface area contributed by atoms with Crippen LogP contribution in [0.1, 0.15) is 39.0 Å². The number of aromatic nitrogens is 1. The summed E-state index contributed by atoms with van der Waals surface area (Å²) in [5.41, 5.74) is 0.0815. The van der Waals surface area contributed by atoms with E-state index in [1.165, 1.54) is 12.8 Å². The zero-order valence-corrected chi connectivity index (χ0v) is 13.0. The van der Waals surface area contributed by atoms with Gasteiger partial charge in [-0.15, -0.1) is 0 Å². The molecule has 2 N–H and O–H groups in total. The Labute approximate surface area is 127 Å². The first-order valence-corrected chi connectivity index (χ1v) is 8.24. The summed E-state index contributed by atoms with van der Waals surface area (Å²) in [5, 5.41) is 13.5. The standard InChI is InChI=1S/C17H27N3O/c1-17(13-21)9-4-5-15(17)19-14-7-11-20(12-8-14)16-6-2-3-10-18-16/h2-3,6,10,14-15,19,21H,4-5,7-9,11-13H2,1H3. The van der Waals surface area contributed by atoms with E-state index in [0.717, 1.165) is 38.2 Å². The Morgan fingerprint density at radius 1 is 1.33 bits per heavy atom. The van der Waals surface area contributed by atoms with Crippen molar-refractivity contribution in [2.45, 2.75) is 51.1 Å². The van der Waals surface area contributed by atoms with E-state index in [2.05, 4.69) is 34.3 Å². The lowest BCUT2D eigenvalue weighted by molar-refractivity contribution is 0.111. The van der Waals surface area contributed by atoms with Crippen LogP contribution in [0.3, 0.4) is 0 Å². The number of nitrogens with one attached hydrogen (secondary N) is 1. The minimum absolute atomic E-state index is 0.0815. The molecule has 2 heterocycles. The largest absolute Gasteiger partial charge is 0.396 e. The molecule has 1 saturated carbocycles. The highest BCUT2D eigenvalue weighted by molar-refractivity contribution is 5.38. The molecular formula is C17H27N3O. The summed E-state index contributed by atoms with van der Waals surface area (Å²) in [4.78, 5) is 6.81. The van der Waals surface area contributed by atoms with Crippen molar-refractivity contribution in [2.75, 3.05) is 24.6 Å². The summed E-state index contributed by atoms with van der Waals surface area (Å²) in [6.45, 7) is 4.66. The van der Waals surface area contributed by atoms with Crippen LogP contribution < -0.4 is 10.2 Å². The molecule has 1 aromatic heterocycles. The Hall–Kier alpha value is -1.13. The fourth-order valence-corrected chi connectivity index (χ4v) is 3.81. The third-order valence-electron chi connectivity index (χ3n) is 5.35. The molecule has 116 valence electrons. The van der Waals surface area contributed by atoms with Gasteiger partial charge < -0.3 is 15.3 Å². The van der Waals surface area contributed by atoms with Crippen LogP contribution in [-0.2, 0) is 0 Å². The molecular weight excluding hydrogens is 262 g/mol. The number of piperidine rings is 1. The summed E-state index contributed by atoms with van der Waals surface area (Å²) >= 11 is 0. The number of pyridine rings is 1. The molecule has 0 bridgehead atoms. The molecule has 21 heavy (non-hydrogen) atoms. The summed E-state index contributed by atoms with van der Waals surface area (Å²) in [7, 11) is 0. The number of rotatable bonds is 4. The smallest absolute Gasteiger partial charge is 0.128 e. The molecule has 0 amide bonds. The van der Waals surface area contributed by atoms with E-state index in [1.54, 1.807) is 0 Å². The van der Waals surface area contributed by atoms with E-state index in [0.29, 0.717) is 18.7 Å². The van der Waals surface area contributed by atoms with Crippen LogP contribution >= 0.6 is 0 Å². The zero-order chi connectivity index (χ0) is 14.7. The second-order valence-electron chi connectivity index (χ2n) is 6.87. The summed E-state index contributed by atoms with van der Waals surface area (Å²) in [6.07, 6.45) is 7.78. The summed E-state index contributed by atoms with van der Waals surface area (Å²) < 4.78 is 0. The van der Waals surface area contributed by atoms with Gasteiger partial charge in [-0.25, -0.2) is 4.98 Å². The van der Waals surface area contributed by atoms with E-state index in [-0.39, 0.29) is 5.41 Å². The normalized spacial score (nSPS) is 30.8. The van der Waals surface area contributed by atoms with Crippen molar-refractivity contribution in [3.63, 3.8) is 0 Å². The molecule has 2 unspecified atom stereocenters. The van der Waals surface area contributed by atoms with Crippen LogP contribution in [0.2, 0.25) is 0 Å². The molecule has 4 nitrogen and oxygen atoms in total. The van der Waals surface area contributed by atoms with Crippen molar-refractivity contribution in [1.82, 2.24) is 10.3 Å². The van der Waals surface area contributed by atoms with Gasteiger partial charge in [0, 0.05) is 43.4 Å². The highest BCUT2D eigenvalue weighted by Crippen LogP contribution is 2.38.